The Morgan fingerprint density at radius 3 is 2.82 bits per heavy atom. The van der Waals surface area contributed by atoms with Crippen LogP contribution in [-0.2, 0) is 0 Å². The molecular formula is C16H22ClN3O2. The molecule has 1 unspecified atom stereocenters. The summed E-state index contributed by atoms with van der Waals surface area (Å²) in [6.07, 6.45) is 1.97. The zero-order valence-electron chi connectivity index (χ0n) is 12.8. The lowest BCUT2D eigenvalue weighted by Gasteiger charge is -2.32. The number of nitrogens with zero attached hydrogens (tertiary/aromatic N) is 1. The Morgan fingerprint density at radius 2 is 2.09 bits per heavy atom. The van der Waals surface area contributed by atoms with E-state index in [4.69, 9.17) is 11.6 Å². The first-order valence-electron chi connectivity index (χ1n) is 7.67. The van der Waals surface area contributed by atoms with Gasteiger partial charge in [0, 0.05) is 26.2 Å². The maximum absolute atomic E-state index is 12.1. The predicted molar refractivity (Wildman–Crippen MR) is 87.2 cm³/mol. The van der Waals surface area contributed by atoms with Crippen LogP contribution in [0, 0.1) is 5.92 Å². The van der Waals surface area contributed by atoms with Gasteiger partial charge in [-0.1, -0.05) is 23.7 Å². The molecule has 1 heterocycles. The molecule has 1 aliphatic heterocycles. The fourth-order valence-corrected chi connectivity index (χ4v) is 2.88. The number of urea groups is 1. The number of likely N-dealkylation sites (tertiary alicyclic amines) is 1. The van der Waals surface area contributed by atoms with Gasteiger partial charge in [-0.3, -0.25) is 4.79 Å². The number of halogens is 1. The van der Waals surface area contributed by atoms with E-state index in [9.17, 15) is 9.59 Å². The van der Waals surface area contributed by atoms with Crippen LogP contribution in [0.3, 0.4) is 0 Å². The molecule has 5 nitrogen and oxygen atoms in total. The quantitative estimate of drug-likeness (QED) is 0.894. The summed E-state index contributed by atoms with van der Waals surface area (Å²) in [6, 6.07) is 6.97. The average molecular weight is 324 g/mol. The van der Waals surface area contributed by atoms with Gasteiger partial charge in [-0.15, -0.1) is 0 Å². The number of carbonyl (C=O) groups is 2. The van der Waals surface area contributed by atoms with Gasteiger partial charge < -0.3 is 15.5 Å². The molecule has 1 aliphatic rings. The molecule has 1 aromatic rings. The van der Waals surface area contributed by atoms with Crippen molar-refractivity contribution in [2.45, 2.75) is 19.8 Å². The average Bonchev–Trinajstić information content (AvgIpc) is 2.53. The number of nitrogens with one attached hydrogen (secondary N) is 2. The van der Waals surface area contributed by atoms with Crippen LogP contribution in [0.1, 0.15) is 30.1 Å². The van der Waals surface area contributed by atoms with Crippen molar-refractivity contribution in [2.75, 3.05) is 26.2 Å². The van der Waals surface area contributed by atoms with Crippen molar-refractivity contribution in [1.29, 1.82) is 0 Å². The van der Waals surface area contributed by atoms with Crippen molar-refractivity contribution in [2.24, 2.45) is 5.92 Å². The van der Waals surface area contributed by atoms with Crippen LogP contribution in [0.15, 0.2) is 24.3 Å². The van der Waals surface area contributed by atoms with Crippen molar-refractivity contribution in [3.8, 4) is 0 Å². The van der Waals surface area contributed by atoms with Gasteiger partial charge in [0.2, 0.25) is 0 Å². The molecule has 2 rings (SSSR count). The molecule has 1 saturated heterocycles. The standard InChI is InChI=1S/C16H22ClN3O2/c1-2-18-16(22)20-9-5-6-12(11-20)10-19-15(21)13-7-3-4-8-14(13)17/h3-4,7-8,12H,2,5-6,9-11H2,1H3,(H,18,22)(H,19,21). The van der Waals surface area contributed by atoms with Crippen molar-refractivity contribution in [3.63, 3.8) is 0 Å². The Bertz CT molecular complexity index is 536. The molecule has 120 valence electrons. The first-order valence-corrected chi connectivity index (χ1v) is 8.05. The van der Waals surface area contributed by atoms with Crippen LogP contribution >= 0.6 is 11.6 Å². The highest BCUT2D eigenvalue weighted by atomic mass is 35.5. The zero-order valence-corrected chi connectivity index (χ0v) is 13.5. The zero-order chi connectivity index (χ0) is 15.9. The Kier molecular flexibility index (Phi) is 6.07. The van der Waals surface area contributed by atoms with E-state index >= 15 is 0 Å². The van der Waals surface area contributed by atoms with Gasteiger partial charge in [0.25, 0.3) is 5.91 Å². The van der Waals surface area contributed by atoms with E-state index in [1.807, 2.05) is 11.8 Å². The van der Waals surface area contributed by atoms with Gasteiger partial charge in [0.05, 0.1) is 10.6 Å². The number of carbonyl (C=O) groups excluding carboxylic acids is 2. The van der Waals surface area contributed by atoms with E-state index in [1.165, 1.54) is 0 Å². The van der Waals surface area contributed by atoms with E-state index in [0.29, 0.717) is 30.2 Å². The van der Waals surface area contributed by atoms with E-state index in [-0.39, 0.29) is 17.9 Å². The molecule has 6 heteroatoms. The summed E-state index contributed by atoms with van der Waals surface area (Å²) in [7, 11) is 0. The summed E-state index contributed by atoms with van der Waals surface area (Å²) in [5, 5.41) is 6.19. The molecule has 1 aromatic carbocycles. The largest absolute Gasteiger partial charge is 0.352 e. The van der Waals surface area contributed by atoms with E-state index in [2.05, 4.69) is 10.6 Å². The summed E-state index contributed by atoms with van der Waals surface area (Å²) in [4.78, 5) is 25.8. The Balaban J connectivity index is 1.85. The second kappa shape index (κ2) is 8.03. The molecule has 0 aliphatic carbocycles. The molecular weight excluding hydrogens is 302 g/mol. The second-order valence-corrected chi connectivity index (χ2v) is 5.89. The highest BCUT2D eigenvalue weighted by molar-refractivity contribution is 6.33. The van der Waals surface area contributed by atoms with Crippen LogP contribution in [0.2, 0.25) is 5.02 Å². The Morgan fingerprint density at radius 1 is 1.32 bits per heavy atom. The Labute approximate surface area is 136 Å². The maximum atomic E-state index is 12.1. The lowest BCUT2D eigenvalue weighted by atomic mass is 9.98. The topological polar surface area (TPSA) is 61.4 Å². The Hall–Kier alpha value is -1.75. The molecule has 0 saturated carbocycles. The maximum Gasteiger partial charge on any atom is 0.317 e. The summed E-state index contributed by atoms with van der Waals surface area (Å²) >= 11 is 6.02. The van der Waals surface area contributed by atoms with Crippen LogP contribution in [0.25, 0.3) is 0 Å². The lowest BCUT2D eigenvalue weighted by molar-refractivity contribution is 0.0938. The van der Waals surface area contributed by atoms with Gasteiger partial charge in [-0.05, 0) is 37.8 Å². The smallest absolute Gasteiger partial charge is 0.317 e. The number of amides is 3. The van der Waals surface area contributed by atoms with Crippen LogP contribution in [0.4, 0.5) is 4.79 Å². The number of hydrogen-bond donors (Lipinski definition) is 2. The summed E-state index contributed by atoms with van der Waals surface area (Å²) in [6.45, 7) is 4.54. The predicted octanol–water partition coefficient (Wildman–Crippen LogP) is 2.51. The fraction of sp³-hybridized carbons (Fsp3) is 0.500. The fourth-order valence-electron chi connectivity index (χ4n) is 2.66. The van der Waals surface area contributed by atoms with E-state index < -0.39 is 0 Å². The van der Waals surface area contributed by atoms with Crippen molar-refractivity contribution < 1.29 is 9.59 Å². The van der Waals surface area contributed by atoms with Crippen LogP contribution < -0.4 is 10.6 Å². The highest BCUT2D eigenvalue weighted by Crippen LogP contribution is 2.17. The third-order valence-corrected chi connectivity index (χ3v) is 4.13. The normalized spacial score (nSPS) is 17.9. The number of hydrogen-bond acceptors (Lipinski definition) is 2. The third kappa shape index (κ3) is 4.37. The first-order chi connectivity index (χ1) is 10.6. The van der Waals surface area contributed by atoms with Gasteiger partial charge in [-0.2, -0.15) is 0 Å². The molecule has 2 N–H and O–H groups in total. The van der Waals surface area contributed by atoms with Gasteiger partial charge >= 0.3 is 6.03 Å². The minimum Gasteiger partial charge on any atom is -0.352 e. The summed E-state index contributed by atoms with van der Waals surface area (Å²) in [5.41, 5.74) is 0.487. The number of rotatable bonds is 4. The molecule has 3 amide bonds. The van der Waals surface area contributed by atoms with Gasteiger partial charge in [0.1, 0.15) is 0 Å². The SMILES string of the molecule is CCNC(=O)N1CCCC(CNC(=O)c2ccccc2Cl)C1. The first kappa shape index (κ1) is 16.6. The monoisotopic (exact) mass is 323 g/mol. The van der Waals surface area contributed by atoms with E-state index in [1.54, 1.807) is 24.3 Å². The van der Waals surface area contributed by atoms with Crippen LogP contribution in [-0.4, -0.2) is 43.0 Å². The highest BCUT2D eigenvalue weighted by Gasteiger charge is 2.23. The third-order valence-electron chi connectivity index (χ3n) is 3.80. The van der Waals surface area contributed by atoms with Gasteiger partial charge in [-0.25, -0.2) is 4.79 Å². The number of benzene rings is 1. The molecule has 1 atom stereocenters. The molecule has 0 spiro atoms. The number of piperidine rings is 1. The molecule has 0 bridgehead atoms. The molecule has 1 fully saturated rings. The van der Waals surface area contributed by atoms with Crippen molar-refractivity contribution in [1.82, 2.24) is 15.5 Å². The second-order valence-electron chi connectivity index (χ2n) is 5.48. The lowest BCUT2D eigenvalue weighted by Crippen LogP contribution is -2.47. The molecule has 0 radical (unpaired) electrons. The van der Waals surface area contributed by atoms with Gasteiger partial charge in [0.15, 0.2) is 0 Å². The van der Waals surface area contributed by atoms with Crippen LogP contribution in [0.5, 0.6) is 0 Å². The summed E-state index contributed by atoms with van der Waals surface area (Å²) < 4.78 is 0. The minimum atomic E-state index is -0.166. The minimum absolute atomic E-state index is 0.0235. The van der Waals surface area contributed by atoms with Crippen molar-refractivity contribution >= 4 is 23.5 Å². The van der Waals surface area contributed by atoms with Crippen molar-refractivity contribution in [3.05, 3.63) is 34.9 Å². The molecule has 0 aromatic heterocycles. The van der Waals surface area contributed by atoms with E-state index in [0.717, 1.165) is 19.4 Å². The summed E-state index contributed by atoms with van der Waals surface area (Å²) in [5.74, 6) is 0.114. The molecule has 22 heavy (non-hydrogen) atoms.